The topological polar surface area (TPSA) is 12.4 Å². The summed E-state index contributed by atoms with van der Waals surface area (Å²) >= 11 is 2.01. The maximum Gasteiger partial charge on any atom is 0.0487 e. The highest BCUT2D eigenvalue weighted by atomic mass is 32.1. The molecule has 0 aliphatic heterocycles. The summed E-state index contributed by atoms with van der Waals surface area (Å²) in [6, 6.07) is 2.46. The maximum absolute atomic E-state index is 4.93. The fourth-order valence-electron chi connectivity index (χ4n) is 3.62. The van der Waals surface area contributed by atoms with Crippen molar-refractivity contribution >= 4 is 17.0 Å². The number of aryl methyl sites for hydroxylation is 1. The van der Waals surface area contributed by atoms with Gasteiger partial charge in [-0.3, -0.25) is 4.99 Å². The molecular formula is C22H35NS. The minimum Gasteiger partial charge on any atom is -0.258 e. The van der Waals surface area contributed by atoms with Gasteiger partial charge in [0.05, 0.1) is 0 Å². The van der Waals surface area contributed by atoms with Gasteiger partial charge in [-0.1, -0.05) is 40.2 Å². The normalized spacial score (nSPS) is 19.8. The lowest BCUT2D eigenvalue weighted by atomic mass is 9.73. The van der Waals surface area contributed by atoms with Gasteiger partial charge in [-0.2, -0.15) is 0 Å². The zero-order valence-electron chi connectivity index (χ0n) is 16.5. The molecule has 1 aliphatic carbocycles. The van der Waals surface area contributed by atoms with Crippen LogP contribution in [0.4, 0.5) is 0 Å². The molecule has 0 radical (unpaired) electrons. The van der Waals surface area contributed by atoms with Crippen LogP contribution in [0.15, 0.2) is 22.8 Å². The van der Waals surface area contributed by atoms with E-state index in [1.807, 2.05) is 11.3 Å². The van der Waals surface area contributed by atoms with E-state index < -0.39 is 0 Å². The van der Waals surface area contributed by atoms with Crippen molar-refractivity contribution in [3.05, 3.63) is 33.2 Å². The summed E-state index contributed by atoms with van der Waals surface area (Å²) in [7, 11) is 0. The Morgan fingerprint density at radius 1 is 1.29 bits per heavy atom. The summed E-state index contributed by atoms with van der Waals surface area (Å²) in [6.07, 6.45) is 11.0. The number of nitrogens with zero attached hydrogens (tertiary/aromatic N) is 1. The summed E-state index contributed by atoms with van der Waals surface area (Å²) in [5.74, 6) is 0.769. The lowest BCUT2D eigenvalue weighted by Crippen LogP contribution is -2.19. The molecule has 2 rings (SSSR count). The second kappa shape index (κ2) is 8.47. The van der Waals surface area contributed by atoms with E-state index in [-0.39, 0.29) is 0 Å². The van der Waals surface area contributed by atoms with E-state index in [9.17, 15) is 0 Å². The Bertz CT molecular complexity index is 593. The Labute approximate surface area is 153 Å². The summed E-state index contributed by atoms with van der Waals surface area (Å²) in [5, 5.41) is 0. The number of unbranched alkanes of at least 4 members (excludes halogenated alkanes) is 1. The average Bonchev–Trinajstić information content (AvgIpc) is 2.92. The second-order valence-electron chi connectivity index (χ2n) is 8.10. The third-order valence-electron chi connectivity index (χ3n) is 5.36. The molecule has 0 amide bonds. The molecule has 1 fully saturated rings. The van der Waals surface area contributed by atoms with Crippen molar-refractivity contribution < 1.29 is 0 Å². The van der Waals surface area contributed by atoms with E-state index in [0.717, 1.165) is 18.8 Å². The monoisotopic (exact) mass is 345 g/mol. The van der Waals surface area contributed by atoms with Crippen LogP contribution in [-0.4, -0.2) is 5.71 Å². The maximum atomic E-state index is 4.93. The molecular weight excluding hydrogens is 310 g/mol. The molecule has 1 aliphatic rings. The van der Waals surface area contributed by atoms with Gasteiger partial charge in [0.1, 0.15) is 0 Å². The number of allylic oxidation sites excluding steroid dienone is 2. The zero-order valence-corrected chi connectivity index (χ0v) is 17.4. The molecule has 1 aromatic rings. The van der Waals surface area contributed by atoms with Gasteiger partial charge in [-0.25, -0.2) is 0 Å². The molecule has 0 bridgehead atoms. The predicted molar refractivity (Wildman–Crippen MR) is 110 cm³/mol. The van der Waals surface area contributed by atoms with E-state index in [0.29, 0.717) is 5.41 Å². The third-order valence-corrected chi connectivity index (χ3v) is 6.58. The second-order valence-corrected chi connectivity index (χ2v) is 9.39. The number of rotatable bonds is 6. The smallest absolute Gasteiger partial charge is 0.0487 e. The van der Waals surface area contributed by atoms with Crippen LogP contribution in [0.1, 0.15) is 101 Å². The Hall–Kier alpha value is -0.890. The fraction of sp³-hybridized carbons (Fsp3) is 0.682. The van der Waals surface area contributed by atoms with E-state index in [2.05, 4.69) is 53.7 Å². The highest BCUT2D eigenvalue weighted by molar-refractivity contribution is 7.12. The van der Waals surface area contributed by atoms with Crippen molar-refractivity contribution in [2.75, 3.05) is 0 Å². The number of hydrogen-bond donors (Lipinski definition) is 0. The molecule has 134 valence electrons. The number of aliphatic imine (C=N–C) groups is 1. The summed E-state index contributed by atoms with van der Waals surface area (Å²) in [6.45, 7) is 13.7. The van der Waals surface area contributed by atoms with Gasteiger partial charge in [-0.05, 0) is 69.8 Å². The summed E-state index contributed by atoms with van der Waals surface area (Å²) < 4.78 is 0. The minimum atomic E-state index is 0.544. The SMILES string of the molecule is CCC/C=C(\C)N=C(CC)c1cc(C2CCC(C)(C)CC2)sc1C. The van der Waals surface area contributed by atoms with Crippen LogP contribution in [0.2, 0.25) is 0 Å². The van der Waals surface area contributed by atoms with E-state index in [1.165, 1.54) is 54.0 Å². The Morgan fingerprint density at radius 2 is 1.96 bits per heavy atom. The molecule has 0 N–H and O–H groups in total. The zero-order chi connectivity index (χ0) is 17.7. The van der Waals surface area contributed by atoms with Crippen LogP contribution in [0.5, 0.6) is 0 Å². The average molecular weight is 346 g/mol. The highest BCUT2D eigenvalue weighted by Crippen LogP contribution is 2.44. The Kier molecular flexibility index (Phi) is 6.86. The van der Waals surface area contributed by atoms with Crippen LogP contribution in [-0.2, 0) is 0 Å². The highest BCUT2D eigenvalue weighted by Gasteiger charge is 2.29. The Morgan fingerprint density at radius 3 is 2.54 bits per heavy atom. The molecule has 1 nitrogen and oxygen atoms in total. The first-order chi connectivity index (χ1) is 11.4. The molecule has 24 heavy (non-hydrogen) atoms. The van der Waals surface area contributed by atoms with E-state index in [1.54, 1.807) is 4.88 Å². The van der Waals surface area contributed by atoms with Crippen LogP contribution in [0.3, 0.4) is 0 Å². The first-order valence-electron chi connectivity index (χ1n) is 9.71. The van der Waals surface area contributed by atoms with Gasteiger partial charge >= 0.3 is 0 Å². The molecule has 0 unspecified atom stereocenters. The van der Waals surface area contributed by atoms with Crippen molar-refractivity contribution in [2.24, 2.45) is 10.4 Å². The Balaban J connectivity index is 2.19. The van der Waals surface area contributed by atoms with E-state index in [4.69, 9.17) is 4.99 Å². The summed E-state index contributed by atoms with van der Waals surface area (Å²) in [5.41, 5.74) is 4.37. The number of hydrogen-bond acceptors (Lipinski definition) is 2. The lowest BCUT2D eigenvalue weighted by Gasteiger charge is -2.33. The molecule has 2 heteroatoms. The van der Waals surface area contributed by atoms with Gasteiger partial charge in [0.2, 0.25) is 0 Å². The van der Waals surface area contributed by atoms with Crippen LogP contribution >= 0.6 is 11.3 Å². The van der Waals surface area contributed by atoms with Crippen LogP contribution < -0.4 is 0 Å². The van der Waals surface area contributed by atoms with Gasteiger partial charge < -0.3 is 0 Å². The van der Waals surface area contributed by atoms with Crippen molar-refractivity contribution in [1.82, 2.24) is 0 Å². The largest absolute Gasteiger partial charge is 0.258 e. The van der Waals surface area contributed by atoms with Crippen molar-refractivity contribution in [2.45, 2.75) is 92.4 Å². The van der Waals surface area contributed by atoms with Gasteiger partial charge in [0, 0.05) is 26.7 Å². The lowest BCUT2D eigenvalue weighted by molar-refractivity contribution is 0.226. The molecule has 0 aromatic carbocycles. The molecule has 1 heterocycles. The van der Waals surface area contributed by atoms with Crippen LogP contribution in [0.25, 0.3) is 0 Å². The van der Waals surface area contributed by atoms with Crippen molar-refractivity contribution in [1.29, 1.82) is 0 Å². The predicted octanol–water partition coefficient (Wildman–Crippen LogP) is 7.64. The van der Waals surface area contributed by atoms with Gasteiger partial charge in [0.15, 0.2) is 0 Å². The molecule has 0 atom stereocenters. The van der Waals surface area contributed by atoms with Crippen molar-refractivity contribution in [3.63, 3.8) is 0 Å². The van der Waals surface area contributed by atoms with Crippen LogP contribution in [0, 0.1) is 12.3 Å². The molecule has 1 aromatic heterocycles. The fourth-order valence-corrected chi connectivity index (χ4v) is 4.84. The molecule has 1 saturated carbocycles. The standard InChI is InChI=1S/C22H35NS/c1-7-9-10-16(3)23-20(8-2)19-15-21(24-17(19)4)18-11-13-22(5,6)14-12-18/h10,15,18H,7-9,11-14H2,1-6H3/b16-10+,23-20?. The van der Waals surface area contributed by atoms with Crippen molar-refractivity contribution in [3.8, 4) is 0 Å². The number of thiophene rings is 1. The first kappa shape index (κ1) is 19.4. The summed E-state index contributed by atoms with van der Waals surface area (Å²) in [4.78, 5) is 7.96. The van der Waals surface area contributed by atoms with Gasteiger partial charge in [0.25, 0.3) is 0 Å². The first-order valence-corrected chi connectivity index (χ1v) is 10.5. The van der Waals surface area contributed by atoms with E-state index >= 15 is 0 Å². The molecule has 0 saturated heterocycles. The quantitative estimate of drug-likeness (QED) is 0.470. The third kappa shape index (κ3) is 5.05. The molecule has 0 spiro atoms. The minimum absolute atomic E-state index is 0.544. The van der Waals surface area contributed by atoms with Gasteiger partial charge in [-0.15, -0.1) is 11.3 Å².